The summed E-state index contributed by atoms with van der Waals surface area (Å²) >= 11 is 0. The molecule has 1 N–H and O–H groups in total. The molecule has 0 heterocycles. The molecule has 1 saturated carbocycles. The molecule has 2 heteroatoms. The second kappa shape index (κ2) is 6.03. The molecule has 1 aromatic rings. The SMILES string of the molecule is CC1CCCC(CC(C(=O)O)c2ccccc2)C1. The van der Waals surface area contributed by atoms with Gasteiger partial charge in [-0.3, -0.25) is 4.79 Å². The Morgan fingerprint density at radius 2 is 2.06 bits per heavy atom. The Balaban J connectivity index is 2.05. The van der Waals surface area contributed by atoms with E-state index in [0.29, 0.717) is 5.92 Å². The van der Waals surface area contributed by atoms with Crippen LogP contribution in [-0.2, 0) is 4.79 Å². The first-order chi connectivity index (χ1) is 8.66. The summed E-state index contributed by atoms with van der Waals surface area (Å²) in [5.41, 5.74) is 0.947. The highest BCUT2D eigenvalue weighted by atomic mass is 16.4. The van der Waals surface area contributed by atoms with Crippen molar-refractivity contribution in [3.63, 3.8) is 0 Å². The summed E-state index contributed by atoms with van der Waals surface area (Å²) < 4.78 is 0. The molecule has 0 spiro atoms. The second-order valence-corrected chi connectivity index (χ2v) is 5.68. The van der Waals surface area contributed by atoms with E-state index in [0.717, 1.165) is 17.9 Å². The van der Waals surface area contributed by atoms with Crippen molar-refractivity contribution in [2.24, 2.45) is 11.8 Å². The van der Waals surface area contributed by atoms with Crippen LogP contribution in [0.1, 0.15) is 50.5 Å². The Morgan fingerprint density at radius 3 is 2.67 bits per heavy atom. The highest BCUT2D eigenvalue weighted by Crippen LogP contribution is 2.35. The van der Waals surface area contributed by atoms with Crippen LogP contribution in [0, 0.1) is 11.8 Å². The summed E-state index contributed by atoms with van der Waals surface area (Å²) in [7, 11) is 0. The highest BCUT2D eigenvalue weighted by molar-refractivity contribution is 5.76. The van der Waals surface area contributed by atoms with Crippen molar-refractivity contribution in [3.8, 4) is 0 Å². The predicted octanol–water partition coefficient (Wildman–Crippen LogP) is 4.07. The minimum atomic E-state index is -0.681. The van der Waals surface area contributed by atoms with Crippen molar-refractivity contribution in [2.45, 2.75) is 44.9 Å². The molecule has 3 atom stereocenters. The number of aliphatic carboxylic acids is 1. The third kappa shape index (κ3) is 3.34. The second-order valence-electron chi connectivity index (χ2n) is 5.68. The van der Waals surface area contributed by atoms with Gasteiger partial charge in [-0.2, -0.15) is 0 Å². The average Bonchev–Trinajstić information content (AvgIpc) is 2.37. The Bertz CT molecular complexity index is 385. The normalized spacial score (nSPS) is 25.6. The summed E-state index contributed by atoms with van der Waals surface area (Å²) in [5.74, 6) is 0.324. The lowest BCUT2D eigenvalue weighted by Gasteiger charge is -2.28. The predicted molar refractivity (Wildman–Crippen MR) is 72.6 cm³/mol. The van der Waals surface area contributed by atoms with Crippen LogP contribution < -0.4 is 0 Å². The van der Waals surface area contributed by atoms with Gasteiger partial charge in [0.2, 0.25) is 0 Å². The highest BCUT2D eigenvalue weighted by Gasteiger charge is 2.27. The van der Waals surface area contributed by atoms with Crippen LogP contribution in [0.25, 0.3) is 0 Å². The number of rotatable bonds is 4. The first kappa shape index (κ1) is 13.1. The number of carboxylic acid groups (broad SMARTS) is 1. The maximum Gasteiger partial charge on any atom is 0.310 e. The van der Waals surface area contributed by atoms with Gasteiger partial charge >= 0.3 is 5.97 Å². The van der Waals surface area contributed by atoms with Crippen molar-refractivity contribution in [1.29, 1.82) is 0 Å². The number of hydrogen-bond donors (Lipinski definition) is 1. The molecule has 2 rings (SSSR count). The quantitative estimate of drug-likeness (QED) is 0.869. The maximum atomic E-state index is 11.5. The summed E-state index contributed by atoms with van der Waals surface area (Å²) in [6.45, 7) is 2.28. The summed E-state index contributed by atoms with van der Waals surface area (Å²) in [6, 6.07) is 9.66. The largest absolute Gasteiger partial charge is 0.481 e. The van der Waals surface area contributed by atoms with Gasteiger partial charge in [0, 0.05) is 0 Å². The van der Waals surface area contributed by atoms with E-state index in [1.54, 1.807) is 0 Å². The first-order valence-corrected chi connectivity index (χ1v) is 6.94. The van der Waals surface area contributed by atoms with E-state index in [2.05, 4.69) is 6.92 Å². The first-order valence-electron chi connectivity index (χ1n) is 6.94. The van der Waals surface area contributed by atoms with Crippen molar-refractivity contribution in [3.05, 3.63) is 35.9 Å². The lowest BCUT2D eigenvalue weighted by atomic mass is 9.77. The molecule has 0 bridgehead atoms. The van der Waals surface area contributed by atoms with Gasteiger partial charge in [0.05, 0.1) is 5.92 Å². The number of carbonyl (C=O) groups is 1. The van der Waals surface area contributed by atoms with Crippen LogP contribution in [0.4, 0.5) is 0 Å². The zero-order valence-corrected chi connectivity index (χ0v) is 11.0. The van der Waals surface area contributed by atoms with E-state index in [9.17, 15) is 9.90 Å². The lowest BCUT2D eigenvalue weighted by Crippen LogP contribution is -2.20. The van der Waals surface area contributed by atoms with E-state index >= 15 is 0 Å². The van der Waals surface area contributed by atoms with Crippen LogP contribution in [0.3, 0.4) is 0 Å². The minimum absolute atomic E-state index is 0.332. The fraction of sp³-hybridized carbons (Fsp3) is 0.562. The molecule has 2 nitrogen and oxygen atoms in total. The number of benzene rings is 1. The van der Waals surface area contributed by atoms with Crippen LogP contribution in [0.15, 0.2) is 30.3 Å². The Kier molecular flexibility index (Phi) is 4.40. The molecule has 0 amide bonds. The third-order valence-electron chi connectivity index (χ3n) is 4.11. The smallest absolute Gasteiger partial charge is 0.310 e. The topological polar surface area (TPSA) is 37.3 Å². The van der Waals surface area contributed by atoms with E-state index in [1.165, 1.54) is 25.7 Å². The molecule has 0 radical (unpaired) electrons. The average molecular weight is 246 g/mol. The van der Waals surface area contributed by atoms with Crippen LogP contribution in [0.5, 0.6) is 0 Å². The van der Waals surface area contributed by atoms with Crippen LogP contribution in [0.2, 0.25) is 0 Å². The molecule has 1 fully saturated rings. The van der Waals surface area contributed by atoms with E-state index in [4.69, 9.17) is 0 Å². The van der Waals surface area contributed by atoms with Gasteiger partial charge in [-0.05, 0) is 30.2 Å². The Morgan fingerprint density at radius 1 is 1.33 bits per heavy atom. The molecule has 3 unspecified atom stereocenters. The standard InChI is InChI=1S/C16H22O2/c1-12-6-5-7-13(10-12)11-15(16(17)18)14-8-3-2-4-9-14/h2-4,8-9,12-13,15H,5-7,10-11H2,1H3,(H,17,18). The zero-order valence-electron chi connectivity index (χ0n) is 11.0. The van der Waals surface area contributed by atoms with Gasteiger partial charge in [-0.1, -0.05) is 56.5 Å². The maximum absolute atomic E-state index is 11.5. The van der Waals surface area contributed by atoms with Crippen molar-refractivity contribution >= 4 is 5.97 Å². The van der Waals surface area contributed by atoms with Gasteiger partial charge < -0.3 is 5.11 Å². The molecule has 1 aliphatic carbocycles. The van der Waals surface area contributed by atoms with Crippen LogP contribution in [-0.4, -0.2) is 11.1 Å². The molecule has 1 aromatic carbocycles. The molecular weight excluding hydrogens is 224 g/mol. The third-order valence-corrected chi connectivity index (χ3v) is 4.11. The monoisotopic (exact) mass is 246 g/mol. The van der Waals surface area contributed by atoms with Crippen molar-refractivity contribution < 1.29 is 9.90 Å². The van der Waals surface area contributed by atoms with E-state index in [-0.39, 0.29) is 5.92 Å². The van der Waals surface area contributed by atoms with Crippen LogP contribution >= 0.6 is 0 Å². The van der Waals surface area contributed by atoms with Crippen molar-refractivity contribution in [1.82, 2.24) is 0 Å². The van der Waals surface area contributed by atoms with E-state index < -0.39 is 5.97 Å². The molecule has 0 aliphatic heterocycles. The van der Waals surface area contributed by atoms with Gasteiger partial charge in [-0.15, -0.1) is 0 Å². The number of carboxylic acids is 1. The zero-order chi connectivity index (χ0) is 13.0. The fourth-order valence-electron chi connectivity index (χ4n) is 3.17. The number of hydrogen-bond acceptors (Lipinski definition) is 1. The molecule has 98 valence electrons. The fourth-order valence-corrected chi connectivity index (χ4v) is 3.17. The lowest BCUT2D eigenvalue weighted by molar-refractivity contribution is -0.139. The van der Waals surface area contributed by atoms with E-state index in [1.807, 2.05) is 30.3 Å². The summed E-state index contributed by atoms with van der Waals surface area (Å²) in [4.78, 5) is 11.5. The van der Waals surface area contributed by atoms with Crippen molar-refractivity contribution in [2.75, 3.05) is 0 Å². The van der Waals surface area contributed by atoms with Gasteiger partial charge in [-0.25, -0.2) is 0 Å². The molecule has 18 heavy (non-hydrogen) atoms. The molecule has 0 aromatic heterocycles. The Hall–Kier alpha value is -1.31. The van der Waals surface area contributed by atoms with Gasteiger partial charge in [0.1, 0.15) is 0 Å². The molecular formula is C16H22O2. The minimum Gasteiger partial charge on any atom is -0.481 e. The molecule has 0 saturated heterocycles. The molecule has 1 aliphatic rings. The summed E-state index contributed by atoms with van der Waals surface area (Å²) in [6.07, 6.45) is 5.74. The summed E-state index contributed by atoms with van der Waals surface area (Å²) in [5, 5.41) is 9.42. The Labute approximate surface area is 109 Å². The van der Waals surface area contributed by atoms with Gasteiger partial charge in [0.15, 0.2) is 0 Å². The van der Waals surface area contributed by atoms with Gasteiger partial charge in [0.25, 0.3) is 0 Å².